The normalized spacial score (nSPS) is 18.3. The third-order valence-electron chi connectivity index (χ3n) is 2.63. The molecule has 5 heteroatoms. The summed E-state index contributed by atoms with van der Waals surface area (Å²) in [6.07, 6.45) is 1.83. The highest BCUT2D eigenvalue weighted by Crippen LogP contribution is 2.13. The molecule has 0 aliphatic carbocycles. The quantitative estimate of drug-likeness (QED) is 0.688. The molecule has 1 saturated heterocycles. The SMILES string of the molecule is COCCN(CC(=O)O)C1CCOCC1. The molecule has 0 radical (unpaired) electrons. The molecule has 0 atom stereocenters. The van der Waals surface area contributed by atoms with Crippen LogP contribution >= 0.6 is 0 Å². The summed E-state index contributed by atoms with van der Waals surface area (Å²) in [4.78, 5) is 12.7. The van der Waals surface area contributed by atoms with Gasteiger partial charge in [-0.3, -0.25) is 9.69 Å². The van der Waals surface area contributed by atoms with E-state index in [1.165, 1.54) is 0 Å². The van der Waals surface area contributed by atoms with Gasteiger partial charge in [-0.2, -0.15) is 0 Å². The number of methoxy groups -OCH3 is 1. The van der Waals surface area contributed by atoms with E-state index in [4.69, 9.17) is 14.6 Å². The fourth-order valence-corrected chi connectivity index (χ4v) is 1.82. The fraction of sp³-hybridized carbons (Fsp3) is 0.900. The van der Waals surface area contributed by atoms with E-state index in [0.29, 0.717) is 19.2 Å². The number of carboxylic acid groups (broad SMARTS) is 1. The van der Waals surface area contributed by atoms with Crippen LogP contribution in [0.5, 0.6) is 0 Å². The molecule has 0 saturated carbocycles. The van der Waals surface area contributed by atoms with E-state index >= 15 is 0 Å². The van der Waals surface area contributed by atoms with Crippen molar-refractivity contribution in [3.8, 4) is 0 Å². The summed E-state index contributed by atoms with van der Waals surface area (Å²) >= 11 is 0. The van der Waals surface area contributed by atoms with Crippen molar-refractivity contribution in [2.45, 2.75) is 18.9 Å². The second-order valence-electron chi connectivity index (χ2n) is 3.70. The molecule has 0 bridgehead atoms. The summed E-state index contributed by atoms with van der Waals surface area (Å²) in [5.74, 6) is -0.780. The minimum Gasteiger partial charge on any atom is -0.480 e. The Morgan fingerprint density at radius 2 is 2.20 bits per heavy atom. The molecule has 0 unspecified atom stereocenters. The van der Waals surface area contributed by atoms with Crippen molar-refractivity contribution in [2.24, 2.45) is 0 Å². The van der Waals surface area contributed by atoms with Crippen LogP contribution in [0.3, 0.4) is 0 Å². The van der Waals surface area contributed by atoms with Crippen molar-refractivity contribution >= 4 is 5.97 Å². The maximum atomic E-state index is 10.7. The summed E-state index contributed by atoms with van der Waals surface area (Å²) in [5, 5.41) is 8.80. The third-order valence-corrected chi connectivity index (χ3v) is 2.63. The standard InChI is InChI=1S/C10H19NO4/c1-14-7-4-11(8-10(12)13)9-2-5-15-6-3-9/h9H,2-8H2,1H3,(H,12,13). The Morgan fingerprint density at radius 1 is 1.53 bits per heavy atom. The van der Waals surface area contributed by atoms with E-state index in [1.54, 1.807) is 7.11 Å². The van der Waals surface area contributed by atoms with Gasteiger partial charge in [0.05, 0.1) is 13.2 Å². The molecular weight excluding hydrogens is 198 g/mol. The smallest absolute Gasteiger partial charge is 0.317 e. The predicted octanol–water partition coefficient (Wildman–Crippen LogP) is 0.198. The first-order chi connectivity index (χ1) is 7.24. The summed E-state index contributed by atoms with van der Waals surface area (Å²) in [6, 6.07) is 0.324. The van der Waals surface area contributed by atoms with Gasteiger partial charge in [-0.1, -0.05) is 0 Å². The van der Waals surface area contributed by atoms with Crippen LogP contribution in [0.4, 0.5) is 0 Å². The van der Waals surface area contributed by atoms with Crippen LogP contribution in [-0.2, 0) is 14.3 Å². The molecule has 5 nitrogen and oxygen atoms in total. The second kappa shape index (κ2) is 6.76. The van der Waals surface area contributed by atoms with Crippen LogP contribution in [0, 0.1) is 0 Å². The molecule has 0 amide bonds. The van der Waals surface area contributed by atoms with Gasteiger partial charge in [-0.25, -0.2) is 0 Å². The molecule has 0 aromatic carbocycles. The van der Waals surface area contributed by atoms with Crippen LogP contribution in [-0.4, -0.2) is 62.0 Å². The monoisotopic (exact) mass is 217 g/mol. The largest absolute Gasteiger partial charge is 0.480 e. The zero-order valence-electron chi connectivity index (χ0n) is 9.15. The predicted molar refractivity (Wildman–Crippen MR) is 54.9 cm³/mol. The number of carboxylic acids is 1. The molecule has 1 aliphatic heterocycles. The second-order valence-corrected chi connectivity index (χ2v) is 3.70. The summed E-state index contributed by atoms with van der Waals surface area (Å²) < 4.78 is 10.2. The maximum absolute atomic E-state index is 10.7. The number of carbonyl (C=O) groups is 1. The number of hydrogen-bond donors (Lipinski definition) is 1. The van der Waals surface area contributed by atoms with Crippen LogP contribution in [0.25, 0.3) is 0 Å². The van der Waals surface area contributed by atoms with E-state index in [1.807, 2.05) is 4.90 Å². The van der Waals surface area contributed by atoms with Gasteiger partial charge in [-0.05, 0) is 12.8 Å². The summed E-state index contributed by atoms with van der Waals surface area (Å²) in [7, 11) is 1.63. The summed E-state index contributed by atoms with van der Waals surface area (Å²) in [5.41, 5.74) is 0. The highest BCUT2D eigenvalue weighted by molar-refractivity contribution is 5.69. The lowest BCUT2D eigenvalue weighted by molar-refractivity contribution is -0.139. The minimum absolute atomic E-state index is 0.0913. The van der Waals surface area contributed by atoms with Gasteiger partial charge in [0.15, 0.2) is 0 Å². The van der Waals surface area contributed by atoms with Crippen molar-refractivity contribution in [1.82, 2.24) is 4.90 Å². The van der Waals surface area contributed by atoms with Gasteiger partial charge in [0.1, 0.15) is 0 Å². The minimum atomic E-state index is -0.780. The fourth-order valence-electron chi connectivity index (χ4n) is 1.82. The summed E-state index contributed by atoms with van der Waals surface area (Å²) in [6.45, 7) is 2.80. The van der Waals surface area contributed by atoms with Crippen LogP contribution in [0.1, 0.15) is 12.8 Å². The molecule has 0 aromatic heterocycles. The van der Waals surface area contributed by atoms with Crippen molar-refractivity contribution in [2.75, 3.05) is 40.0 Å². The Labute approximate surface area is 90.0 Å². The van der Waals surface area contributed by atoms with Crippen LogP contribution < -0.4 is 0 Å². The topological polar surface area (TPSA) is 59.0 Å². The van der Waals surface area contributed by atoms with E-state index in [9.17, 15) is 4.79 Å². The van der Waals surface area contributed by atoms with Crippen molar-refractivity contribution in [3.05, 3.63) is 0 Å². The Hall–Kier alpha value is -0.650. The lowest BCUT2D eigenvalue weighted by Crippen LogP contribution is -2.43. The molecule has 15 heavy (non-hydrogen) atoms. The highest BCUT2D eigenvalue weighted by Gasteiger charge is 2.22. The van der Waals surface area contributed by atoms with E-state index in [0.717, 1.165) is 26.1 Å². The number of hydrogen-bond acceptors (Lipinski definition) is 4. The number of aliphatic carboxylic acids is 1. The van der Waals surface area contributed by atoms with Gasteiger partial charge >= 0.3 is 5.97 Å². The van der Waals surface area contributed by atoms with E-state index < -0.39 is 5.97 Å². The van der Waals surface area contributed by atoms with Crippen molar-refractivity contribution in [1.29, 1.82) is 0 Å². The van der Waals surface area contributed by atoms with Gasteiger partial charge < -0.3 is 14.6 Å². The van der Waals surface area contributed by atoms with Crippen molar-refractivity contribution < 1.29 is 19.4 Å². The molecule has 0 aromatic rings. The Morgan fingerprint density at radius 3 is 2.73 bits per heavy atom. The molecule has 0 spiro atoms. The molecular formula is C10H19NO4. The molecule has 1 aliphatic rings. The van der Waals surface area contributed by atoms with Crippen molar-refractivity contribution in [3.63, 3.8) is 0 Å². The van der Waals surface area contributed by atoms with Gasteiger partial charge in [0, 0.05) is 32.9 Å². The zero-order chi connectivity index (χ0) is 11.1. The molecule has 1 heterocycles. The average Bonchev–Trinajstić information content (AvgIpc) is 2.25. The first-order valence-electron chi connectivity index (χ1n) is 5.26. The Kier molecular flexibility index (Phi) is 5.60. The first kappa shape index (κ1) is 12.4. The number of nitrogens with zero attached hydrogens (tertiary/aromatic N) is 1. The van der Waals surface area contributed by atoms with E-state index in [-0.39, 0.29) is 6.54 Å². The van der Waals surface area contributed by atoms with Gasteiger partial charge in [0.2, 0.25) is 0 Å². The Balaban J connectivity index is 2.41. The molecule has 1 fully saturated rings. The average molecular weight is 217 g/mol. The zero-order valence-corrected chi connectivity index (χ0v) is 9.15. The molecule has 1 rings (SSSR count). The highest BCUT2D eigenvalue weighted by atomic mass is 16.5. The lowest BCUT2D eigenvalue weighted by Gasteiger charge is -2.32. The lowest BCUT2D eigenvalue weighted by atomic mass is 10.1. The van der Waals surface area contributed by atoms with Crippen LogP contribution in [0.2, 0.25) is 0 Å². The van der Waals surface area contributed by atoms with Gasteiger partial charge in [-0.15, -0.1) is 0 Å². The Bertz CT molecular complexity index is 192. The molecule has 88 valence electrons. The van der Waals surface area contributed by atoms with E-state index in [2.05, 4.69) is 0 Å². The third kappa shape index (κ3) is 4.59. The maximum Gasteiger partial charge on any atom is 0.317 e. The van der Waals surface area contributed by atoms with Gasteiger partial charge in [0.25, 0.3) is 0 Å². The number of rotatable bonds is 6. The molecule has 1 N–H and O–H groups in total. The number of ether oxygens (including phenoxy) is 2. The first-order valence-corrected chi connectivity index (χ1v) is 5.26. The van der Waals surface area contributed by atoms with Crippen LogP contribution in [0.15, 0.2) is 0 Å².